The molecule has 4 N–H and O–H groups in total. The van der Waals surface area contributed by atoms with E-state index in [1.54, 1.807) is 13.0 Å². The van der Waals surface area contributed by atoms with Crippen molar-refractivity contribution in [3.63, 3.8) is 0 Å². The largest absolute Gasteiger partial charge is 0.398 e. The minimum absolute atomic E-state index is 0.122. The number of aromatic amines is 1. The number of hydrogen-bond donors (Lipinski definition) is 3. The number of nitrogens with two attached hydrogens (primary N) is 1. The van der Waals surface area contributed by atoms with Gasteiger partial charge in [0.15, 0.2) is 5.82 Å². The molecular formula is C13H17FN4O2S. The van der Waals surface area contributed by atoms with Crippen LogP contribution >= 0.6 is 0 Å². The molecule has 0 fully saturated rings. The molecule has 1 heterocycles. The van der Waals surface area contributed by atoms with Crippen molar-refractivity contribution in [3.8, 4) is 0 Å². The van der Waals surface area contributed by atoms with Crippen LogP contribution in [0.1, 0.15) is 24.6 Å². The molecule has 0 spiro atoms. The van der Waals surface area contributed by atoms with Gasteiger partial charge in [0.1, 0.15) is 10.7 Å². The van der Waals surface area contributed by atoms with Crippen LogP contribution in [0.25, 0.3) is 0 Å². The van der Waals surface area contributed by atoms with Crippen LogP contribution in [0.15, 0.2) is 23.1 Å². The number of nitrogens with one attached hydrogen (secondary N) is 2. The standard InChI is InChI=1S/C13H17FN4O2S/c1-3-4-9-6-13(17-16-9)18-21(19,20)12-7-11(15)8(2)5-10(12)14/h5-7H,3-4,15H2,1-2H3,(H2,16,17,18). The number of rotatable bonds is 5. The van der Waals surface area contributed by atoms with Gasteiger partial charge in [-0.15, -0.1) is 0 Å². The number of hydrogen-bond acceptors (Lipinski definition) is 4. The number of aromatic nitrogens is 2. The predicted octanol–water partition coefficient (Wildman–Crippen LogP) is 2.19. The summed E-state index contributed by atoms with van der Waals surface area (Å²) in [4.78, 5) is -0.495. The quantitative estimate of drug-likeness (QED) is 0.737. The van der Waals surface area contributed by atoms with Gasteiger partial charge in [0, 0.05) is 17.4 Å². The molecule has 21 heavy (non-hydrogen) atoms. The number of aryl methyl sites for hydroxylation is 2. The van der Waals surface area contributed by atoms with Crippen LogP contribution in [0.2, 0.25) is 0 Å². The zero-order chi connectivity index (χ0) is 15.6. The lowest BCUT2D eigenvalue weighted by molar-refractivity contribution is 0.570. The molecule has 0 aliphatic rings. The van der Waals surface area contributed by atoms with Crippen LogP contribution in [-0.4, -0.2) is 18.6 Å². The van der Waals surface area contributed by atoms with Crippen molar-refractivity contribution in [3.05, 3.63) is 35.3 Å². The van der Waals surface area contributed by atoms with Crippen molar-refractivity contribution in [2.45, 2.75) is 31.6 Å². The first-order valence-electron chi connectivity index (χ1n) is 6.46. The molecule has 0 aliphatic carbocycles. The molecule has 8 heteroatoms. The summed E-state index contributed by atoms with van der Waals surface area (Å²) >= 11 is 0. The molecule has 1 aromatic heterocycles. The number of H-pyrrole nitrogens is 1. The van der Waals surface area contributed by atoms with Crippen molar-refractivity contribution in [1.29, 1.82) is 0 Å². The Morgan fingerprint density at radius 3 is 2.76 bits per heavy atom. The molecule has 2 rings (SSSR count). The third-order valence-corrected chi connectivity index (χ3v) is 4.37. The molecule has 0 bridgehead atoms. The molecule has 0 saturated carbocycles. The second-order valence-corrected chi connectivity index (χ2v) is 6.42. The second-order valence-electron chi connectivity index (χ2n) is 4.77. The Morgan fingerprint density at radius 1 is 1.38 bits per heavy atom. The van der Waals surface area contributed by atoms with E-state index < -0.39 is 20.7 Å². The maximum atomic E-state index is 13.9. The first-order chi connectivity index (χ1) is 9.83. The number of halogens is 1. The highest BCUT2D eigenvalue weighted by molar-refractivity contribution is 7.92. The molecule has 114 valence electrons. The van der Waals surface area contributed by atoms with E-state index >= 15 is 0 Å². The van der Waals surface area contributed by atoms with Crippen LogP contribution in [0.4, 0.5) is 15.9 Å². The van der Waals surface area contributed by atoms with Gasteiger partial charge < -0.3 is 5.73 Å². The molecular weight excluding hydrogens is 295 g/mol. The Hall–Kier alpha value is -2.09. The Kier molecular flexibility index (Phi) is 4.17. The third-order valence-electron chi connectivity index (χ3n) is 3.00. The van der Waals surface area contributed by atoms with Crippen LogP contribution in [-0.2, 0) is 16.4 Å². The van der Waals surface area contributed by atoms with Gasteiger partial charge in [-0.1, -0.05) is 13.3 Å². The van der Waals surface area contributed by atoms with Gasteiger partial charge in [0.25, 0.3) is 10.0 Å². The van der Waals surface area contributed by atoms with Gasteiger partial charge in [-0.3, -0.25) is 9.82 Å². The van der Waals surface area contributed by atoms with Crippen molar-refractivity contribution in [1.82, 2.24) is 10.2 Å². The number of nitrogens with zero attached hydrogens (tertiary/aromatic N) is 1. The minimum Gasteiger partial charge on any atom is -0.398 e. The van der Waals surface area contributed by atoms with Gasteiger partial charge in [0.05, 0.1) is 0 Å². The van der Waals surface area contributed by atoms with Gasteiger partial charge in [0.2, 0.25) is 0 Å². The maximum Gasteiger partial charge on any atom is 0.266 e. The molecule has 0 aliphatic heterocycles. The minimum atomic E-state index is -4.07. The SMILES string of the molecule is CCCc1cc(NS(=O)(=O)c2cc(N)c(C)cc2F)n[nH]1. The van der Waals surface area contributed by atoms with E-state index in [2.05, 4.69) is 14.9 Å². The van der Waals surface area contributed by atoms with Gasteiger partial charge in [-0.2, -0.15) is 5.10 Å². The number of benzene rings is 1. The Bertz CT molecular complexity index is 756. The van der Waals surface area contributed by atoms with Gasteiger partial charge in [-0.25, -0.2) is 12.8 Å². The number of sulfonamides is 1. The molecule has 2 aromatic rings. The number of nitrogen functional groups attached to an aromatic ring is 1. The molecule has 6 nitrogen and oxygen atoms in total. The van der Waals surface area contributed by atoms with Crippen molar-refractivity contribution in [2.75, 3.05) is 10.5 Å². The monoisotopic (exact) mass is 312 g/mol. The lowest BCUT2D eigenvalue weighted by atomic mass is 10.2. The van der Waals surface area contributed by atoms with Crippen LogP contribution in [0.5, 0.6) is 0 Å². The Balaban J connectivity index is 2.31. The fourth-order valence-corrected chi connectivity index (χ4v) is 2.97. The topological polar surface area (TPSA) is 101 Å². The number of anilines is 2. The highest BCUT2D eigenvalue weighted by Crippen LogP contribution is 2.23. The van der Waals surface area contributed by atoms with E-state index in [0.29, 0.717) is 5.56 Å². The van der Waals surface area contributed by atoms with Crippen LogP contribution in [0.3, 0.4) is 0 Å². The zero-order valence-electron chi connectivity index (χ0n) is 11.8. The summed E-state index contributed by atoms with van der Waals surface area (Å²) in [6.45, 7) is 3.60. The fourth-order valence-electron chi connectivity index (χ4n) is 1.88. The molecule has 0 amide bonds. The first-order valence-corrected chi connectivity index (χ1v) is 7.94. The summed E-state index contributed by atoms with van der Waals surface area (Å²) in [6, 6.07) is 3.78. The highest BCUT2D eigenvalue weighted by atomic mass is 32.2. The summed E-state index contributed by atoms with van der Waals surface area (Å²) in [5, 5.41) is 6.57. The molecule has 0 radical (unpaired) electrons. The third kappa shape index (κ3) is 3.33. The molecule has 0 saturated heterocycles. The first kappa shape index (κ1) is 15.3. The van der Waals surface area contributed by atoms with E-state index in [9.17, 15) is 12.8 Å². The van der Waals surface area contributed by atoms with Crippen LogP contribution in [0, 0.1) is 12.7 Å². The zero-order valence-corrected chi connectivity index (χ0v) is 12.6. The predicted molar refractivity (Wildman–Crippen MR) is 78.9 cm³/mol. The summed E-state index contributed by atoms with van der Waals surface area (Å²) < 4.78 is 40.5. The summed E-state index contributed by atoms with van der Waals surface area (Å²) in [7, 11) is -4.07. The van der Waals surface area contributed by atoms with E-state index in [-0.39, 0.29) is 11.5 Å². The van der Waals surface area contributed by atoms with Gasteiger partial charge in [-0.05, 0) is 31.0 Å². The normalized spacial score (nSPS) is 11.6. The summed E-state index contributed by atoms with van der Waals surface area (Å²) in [6.07, 6.45) is 1.65. The van der Waals surface area contributed by atoms with Crippen molar-refractivity contribution >= 4 is 21.5 Å². The summed E-state index contributed by atoms with van der Waals surface area (Å²) in [5.41, 5.74) is 7.14. The second kappa shape index (κ2) is 5.72. The molecule has 0 unspecified atom stereocenters. The smallest absolute Gasteiger partial charge is 0.266 e. The van der Waals surface area contributed by atoms with Crippen molar-refractivity contribution in [2.24, 2.45) is 0 Å². The molecule has 0 atom stereocenters. The van der Waals surface area contributed by atoms with Crippen LogP contribution < -0.4 is 10.5 Å². The highest BCUT2D eigenvalue weighted by Gasteiger charge is 2.21. The van der Waals surface area contributed by atoms with E-state index in [0.717, 1.165) is 30.7 Å². The Morgan fingerprint density at radius 2 is 2.10 bits per heavy atom. The fraction of sp³-hybridized carbons (Fsp3) is 0.308. The lowest BCUT2D eigenvalue weighted by Crippen LogP contribution is -2.15. The van der Waals surface area contributed by atoms with Gasteiger partial charge >= 0.3 is 0 Å². The molecule has 1 aromatic carbocycles. The lowest BCUT2D eigenvalue weighted by Gasteiger charge is -2.09. The Labute approximate surface area is 122 Å². The maximum absolute atomic E-state index is 13.9. The summed E-state index contributed by atoms with van der Waals surface area (Å²) in [5.74, 6) is -0.726. The van der Waals surface area contributed by atoms with E-state index in [1.807, 2.05) is 6.92 Å². The average molecular weight is 312 g/mol. The average Bonchev–Trinajstić information content (AvgIpc) is 2.80. The van der Waals surface area contributed by atoms with E-state index in [4.69, 9.17) is 5.73 Å². The van der Waals surface area contributed by atoms with Crippen molar-refractivity contribution < 1.29 is 12.8 Å². The van der Waals surface area contributed by atoms with E-state index in [1.165, 1.54) is 0 Å².